The second kappa shape index (κ2) is 3.51. The van der Waals surface area contributed by atoms with Gasteiger partial charge in [-0.1, -0.05) is 0 Å². The summed E-state index contributed by atoms with van der Waals surface area (Å²) < 4.78 is 36.6. The van der Waals surface area contributed by atoms with Crippen molar-refractivity contribution in [1.82, 2.24) is 4.98 Å². The molecule has 7 heteroatoms. The van der Waals surface area contributed by atoms with Crippen LogP contribution in [0.1, 0.15) is 5.69 Å². The highest BCUT2D eigenvalue weighted by atomic mass is 79.9. The Labute approximate surface area is 80.2 Å². The molecule has 0 aliphatic carbocycles. The highest BCUT2D eigenvalue weighted by Gasteiger charge is 2.32. The third-order valence-electron chi connectivity index (χ3n) is 1.27. The molecule has 0 aliphatic heterocycles. The van der Waals surface area contributed by atoms with Gasteiger partial charge in [0.15, 0.2) is 5.82 Å². The van der Waals surface area contributed by atoms with Gasteiger partial charge in [-0.05, 0) is 28.1 Å². The molecule has 1 aromatic rings. The molecule has 3 N–H and O–H groups in total. The number of rotatable bonds is 1. The van der Waals surface area contributed by atoms with Gasteiger partial charge in [-0.15, -0.1) is 0 Å². The molecule has 0 radical (unpaired) electrons. The monoisotopic (exact) mass is 255 g/mol. The number of aromatic nitrogens is 1. The van der Waals surface area contributed by atoms with Crippen LogP contribution in [0.2, 0.25) is 0 Å². The van der Waals surface area contributed by atoms with Gasteiger partial charge in [0.1, 0.15) is 5.69 Å². The lowest BCUT2D eigenvalue weighted by Gasteiger charge is -2.08. The molecule has 0 spiro atoms. The lowest BCUT2D eigenvalue weighted by Crippen LogP contribution is -2.13. The zero-order chi connectivity index (χ0) is 10.1. The summed E-state index contributed by atoms with van der Waals surface area (Å²) in [6, 6.07) is 2.09. The van der Waals surface area contributed by atoms with Crippen molar-refractivity contribution in [3.8, 4) is 0 Å². The van der Waals surface area contributed by atoms with Crippen LogP contribution < -0.4 is 11.3 Å². The Bertz CT molecular complexity index is 312. The molecular weight excluding hydrogens is 251 g/mol. The van der Waals surface area contributed by atoms with E-state index < -0.39 is 11.9 Å². The molecule has 1 rings (SSSR count). The average Bonchev–Trinajstić information content (AvgIpc) is 2.03. The molecule has 72 valence electrons. The summed E-state index contributed by atoms with van der Waals surface area (Å²) in [5.41, 5.74) is 1.07. The van der Waals surface area contributed by atoms with Crippen LogP contribution in [0, 0.1) is 0 Å². The summed E-state index contributed by atoms with van der Waals surface area (Å²) >= 11 is 2.98. The van der Waals surface area contributed by atoms with Crippen LogP contribution in [0.3, 0.4) is 0 Å². The molecule has 1 aromatic heterocycles. The summed E-state index contributed by atoms with van der Waals surface area (Å²) in [6.45, 7) is 0. The first-order valence-electron chi connectivity index (χ1n) is 3.15. The first-order chi connectivity index (χ1) is 5.95. The largest absolute Gasteiger partial charge is 0.433 e. The van der Waals surface area contributed by atoms with Crippen molar-refractivity contribution in [2.45, 2.75) is 6.18 Å². The number of nitrogens with zero attached hydrogens (tertiary/aromatic N) is 1. The van der Waals surface area contributed by atoms with Gasteiger partial charge in [0.2, 0.25) is 0 Å². The highest BCUT2D eigenvalue weighted by molar-refractivity contribution is 9.10. The normalized spacial score (nSPS) is 11.5. The predicted molar refractivity (Wildman–Crippen MR) is 44.7 cm³/mol. The van der Waals surface area contributed by atoms with Crippen molar-refractivity contribution in [3.63, 3.8) is 0 Å². The molecular formula is C6H5BrF3N3. The first-order valence-corrected chi connectivity index (χ1v) is 3.95. The standard InChI is InChI=1S/C6H5BrF3N3/c7-3-1-2-4(6(8,9)10)12-5(3)13-11/h1-2H,11H2,(H,12,13). The van der Waals surface area contributed by atoms with Crippen LogP contribution in [0.5, 0.6) is 0 Å². The van der Waals surface area contributed by atoms with Crippen LogP contribution in [0.15, 0.2) is 16.6 Å². The Hall–Kier alpha value is -0.820. The van der Waals surface area contributed by atoms with Crippen molar-refractivity contribution < 1.29 is 13.2 Å². The number of nitrogens with one attached hydrogen (secondary N) is 1. The number of halogens is 4. The maximum Gasteiger partial charge on any atom is 0.433 e. The van der Waals surface area contributed by atoms with Gasteiger partial charge in [-0.25, -0.2) is 10.8 Å². The van der Waals surface area contributed by atoms with E-state index in [1.165, 1.54) is 6.07 Å². The van der Waals surface area contributed by atoms with E-state index in [-0.39, 0.29) is 5.82 Å². The molecule has 0 aromatic carbocycles. The van der Waals surface area contributed by atoms with Crippen molar-refractivity contribution in [3.05, 3.63) is 22.3 Å². The molecule has 0 fully saturated rings. The maximum atomic E-state index is 12.1. The SMILES string of the molecule is NNc1nc(C(F)(F)F)ccc1Br. The van der Waals surface area contributed by atoms with Gasteiger partial charge in [0.25, 0.3) is 0 Å². The van der Waals surface area contributed by atoms with Crippen LogP contribution in [0.25, 0.3) is 0 Å². The van der Waals surface area contributed by atoms with Gasteiger partial charge in [-0.3, -0.25) is 0 Å². The quantitative estimate of drug-likeness (QED) is 0.597. The fourth-order valence-electron chi connectivity index (χ4n) is 0.701. The number of hydrogen-bond donors (Lipinski definition) is 2. The summed E-state index contributed by atoms with van der Waals surface area (Å²) in [5, 5.41) is 0. The average molecular weight is 256 g/mol. The Morgan fingerprint density at radius 1 is 1.38 bits per heavy atom. The second-order valence-corrected chi connectivity index (χ2v) is 3.02. The van der Waals surface area contributed by atoms with Crippen molar-refractivity contribution in [2.24, 2.45) is 5.84 Å². The van der Waals surface area contributed by atoms with E-state index in [4.69, 9.17) is 5.84 Å². The molecule has 0 saturated heterocycles. The number of hydrogen-bond acceptors (Lipinski definition) is 3. The van der Waals surface area contributed by atoms with Gasteiger partial charge in [0.05, 0.1) is 4.47 Å². The molecule has 13 heavy (non-hydrogen) atoms. The molecule has 0 atom stereocenters. The van der Waals surface area contributed by atoms with Crippen LogP contribution in [0.4, 0.5) is 19.0 Å². The van der Waals surface area contributed by atoms with E-state index >= 15 is 0 Å². The van der Waals surface area contributed by atoms with Gasteiger partial charge >= 0.3 is 6.18 Å². The minimum Gasteiger partial charge on any atom is -0.308 e. The molecule has 0 amide bonds. The van der Waals surface area contributed by atoms with Gasteiger partial charge in [0, 0.05) is 0 Å². The van der Waals surface area contributed by atoms with E-state index in [2.05, 4.69) is 20.9 Å². The smallest absolute Gasteiger partial charge is 0.308 e. The Kier molecular flexibility index (Phi) is 2.77. The van der Waals surface area contributed by atoms with Crippen molar-refractivity contribution >= 4 is 21.7 Å². The second-order valence-electron chi connectivity index (χ2n) is 2.17. The van der Waals surface area contributed by atoms with Crippen molar-refractivity contribution in [1.29, 1.82) is 0 Å². The van der Waals surface area contributed by atoms with E-state index in [0.717, 1.165) is 6.07 Å². The number of nitrogens with two attached hydrogens (primary N) is 1. The van der Waals surface area contributed by atoms with E-state index in [1.807, 2.05) is 5.43 Å². The number of alkyl halides is 3. The maximum absolute atomic E-state index is 12.1. The van der Waals surface area contributed by atoms with Crippen LogP contribution >= 0.6 is 15.9 Å². The summed E-state index contributed by atoms with van der Waals surface area (Å²) in [7, 11) is 0. The van der Waals surface area contributed by atoms with E-state index in [9.17, 15) is 13.2 Å². The molecule has 1 heterocycles. The highest BCUT2D eigenvalue weighted by Crippen LogP contribution is 2.30. The predicted octanol–water partition coefficient (Wildman–Crippen LogP) is 2.15. The van der Waals surface area contributed by atoms with Gasteiger partial charge < -0.3 is 5.43 Å². The fraction of sp³-hybridized carbons (Fsp3) is 0.167. The van der Waals surface area contributed by atoms with Crippen molar-refractivity contribution in [2.75, 3.05) is 5.43 Å². The topological polar surface area (TPSA) is 50.9 Å². The summed E-state index contributed by atoms with van der Waals surface area (Å²) in [6.07, 6.45) is -4.45. The number of nitrogen functional groups attached to an aromatic ring is 1. The summed E-state index contributed by atoms with van der Waals surface area (Å²) in [5.74, 6) is 4.91. The Morgan fingerprint density at radius 2 is 2.00 bits per heavy atom. The third-order valence-corrected chi connectivity index (χ3v) is 1.91. The first kappa shape index (κ1) is 10.3. The van der Waals surface area contributed by atoms with E-state index in [1.54, 1.807) is 0 Å². The Morgan fingerprint density at radius 3 is 2.46 bits per heavy atom. The molecule has 0 aliphatic rings. The Balaban J connectivity index is 3.14. The zero-order valence-corrected chi connectivity index (χ0v) is 7.78. The van der Waals surface area contributed by atoms with Crippen LogP contribution in [-0.2, 0) is 6.18 Å². The molecule has 0 unspecified atom stereocenters. The van der Waals surface area contributed by atoms with Crippen LogP contribution in [-0.4, -0.2) is 4.98 Å². The fourth-order valence-corrected chi connectivity index (χ4v) is 1.04. The summed E-state index contributed by atoms with van der Waals surface area (Å²) in [4.78, 5) is 3.25. The zero-order valence-electron chi connectivity index (χ0n) is 6.19. The number of anilines is 1. The minimum atomic E-state index is -4.45. The lowest BCUT2D eigenvalue weighted by molar-refractivity contribution is -0.141. The molecule has 0 bridgehead atoms. The minimum absolute atomic E-state index is 0.0465. The number of pyridine rings is 1. The van der Waals surface area contributed by atoms with Gasteiger partial charge in [-0.2, -0.15) is 13.2 Å². The third kappa shape index (κ3) is 2.31. The molecule has 3 nitrogen and oxygen atoms in total. The lowest BCUT2D eigenvalue weighted by atomic mass is 10.3. The van der Waals surface area contributed by atoms with E-state index in [0.29, 0.717) is 4.47 Å². The molecule has 0 saturated carbocycles. The number of hydrazine groups is 1.